The fraction of sp³-hybridized carbons (Fsp3) is 0.533. The molecule has 0 spiro atoms. The van der Waals surface area contributed by atoms with Crippen molar-refractivity contribution in [1.82, 2.24) is 10.2 Å². The van der Waals surface area contributed by atoms with Gasteiger partial charge >= 0.3 is 6.18 Å². The molecule has 3 rings (SSSR count). The molecule has 1 amide bonds. The van der Waals surface area contributed by atoms with Crippen LogP contribution in [0.3, 0.4) is 0 Å². The van der Waals surface area contributed by atoms with Crippen LogP contribution in [0, 0.1) is 0 Å². The number of rotatable bonds is 2. The number of hydrogen-bond acceptors (Lipinski definition) is 4. The van der Waals surface area contributed by atoms with Crippen LogP contribution in [0.5, 0.6) is 0 Å². The van der Waals surface area contributed by atoms with E-state index in [1.54, 1.807) is 22.7 Å². The Kier molecular flexibility index (Phi) is 8.18. The minimum Gasteiger partial charge on any atom is -0.368 e. The Morgan fingerprint density at radius 3 is 2.40 bits per heavy atom. The second kappa shape index (κ2) is 9.21. The second-order valence-corrected chi connectivity index (χ2v) is 6.66. The molecular formula is C15H20Cl2F3N3OS. The van der Waals surface area contributed by atoms with E-state index in [0.29, 0.717) is 31.9 Å². The summed E-state index contributed by atoms with van der Waals surface area (Å²) in [4.78, 5) is 16.0. The minimum atomic E-state index is -4.33. The molecule has 0 saturated carbocycles. The number of nitrogens with zero attached hydrogens (tertiary/aromatic N) is 2. The van der Waals surface area contributed by atoms with E-state index >= 15 is 0 Å². The summed E-state index contributed by atoms with van der Waals surface area (Å²) in [5, 5.41) is 3.15. The van der Waals surface area contributed by atoms with E-state index < -0.39 is 11.7 Å². The Labute approximate surface area is 161 Å². The van der Waals surface area contributed by atoms with E-state index in [1.165, 1.54) is 12.1 Å². The van der Waals surface area contributed by atoms with E-state index in [9.17, 15) is 18.0 Å². The monoisotopic (exact) mass is 417 g/mol. The fourth-order valence-electron chi connectivity index (χ4n) is 2.84. The Morgan fingerprint density at radius 1 is 1.16 bits per heavy atom. The van der Waals surface area contributed by atoms with Gasteiger partial charge in [0, 0.05) is 43.5 Å². The summed E-state index contributed by atoms with van der Waals surface area (Å²) in [6.07, 6.45) is -4.33. The van der Waals surface area contributed by atoms with Crippen LogP contribution in [0.15, 0.2) is 24.3 Å². The van der Waals surface area contributed by atoms with E-state index in [-0.39, 0.29) is 36.8 Å². The van der Waals surface area contributed by atoms with Crippen molar-refractivity contribution in [2.45, 2.75) is 12.2 Å². The van der Waals surface area contributed by atoms with Crippen molar-refractivity contribution in [2.24, 2.45) is 0 Å². The predicted octanol–water partition coefficient (Wildman–Crippen LogP) is 2.86. The lowest BCUT2D eigenvalue weighted by Gasteiger charge is -2.37. The lowest BCUT2D eigenvalue weighted by molar-refractivity contribution is -0.137. The average molecular weight is 418 g/mol. The molecule has 1 N–H and O–H groups in total. The molecule has 0 bridgehead atoms. The van der Waals surface area contributed by atoms with Crippen molar-refractivity contribution in [3.05, 3.63) is 29.8 Å². The number of alkyl halides is 3. The molecule has 142 valence electrons. The first-order valence-corrected chi connectivity index (χ1v) is 8.63. The molecule has 0 radical (unpaired) electrons. The van der Waals surface area contributed by atoms with Gasteiger partial charge in [-0.05, 0) is 18.2 Å². The van der Waals surface area contributed by atoms with Crippen molar-refractivity contribution in [3.63, 3.8) is 0 Å². The van der Waals surface area contributed by atoms with Gasteiger partial charge in [-0.15, -0.1) is 36.6 Å². The highest BCUT2D eigenvalue weighted by atomic mass is 35.5. The van der Waals surface area contributed by atoms with Gasteiger partial charge in [-0.25, -0.2) is 0 Å². The van der Waals surface area contributed by atoms with Gasteiger partial charge in [-0.2, -0.15) is 13.2 Å². The summed E-state index contributed by atoms with van der Waals surface area (Å²) < 4.78 is 38.4. The quantitative estimate of drug-likeness (QED) is 0.802. The second-order valence-electron chi connectivity index (χ2n) is 5.63. The zero-order chi connectivity index (χ0) is 16.4. The highest BCUT2D eigenvalue weighted by Crippen LogP contribution is 2.31. The van der Waals surface area contributed by atoms with Crippen LogP contribution >= 0.6 is 36.6 Å². The predicted molar refractivity (Wildman–Crippen MR) is 99.0 cm³/mol. The third kappa shape index (κ3) is 5.32. The third-order valence-electron chi connectivity index (χ3n) is 4.14. The summed E-state index contributed by atoms with van der Waals surface area (Å²) in [5.41, 5.74) is -0.0813. The topological polar surface area (TPSA) is 35.6 Å². The van der Waals surface area contributed by atoms with Gasteiger partial charge in [-0.3, -0.25) is 10.1 Å². The SMILES string of the molecule is Cl.Cl.O=C(C1CSCN1)N1CCN(c2cccc(C(F)(F)F)c2)CC1. The summed E-state index contributed by atoms with van der Waals surface area (Å²) in [7, 11) is 0. The van der Waals surface area contributed by atoms with Crippen molar-refractivity contribution in [1.29, 1.82) is 0 Å². The molecule has 1 aromatic carbocycles. The van der Waals surface area contributed by atoms with Crippen LogP contribution in [0.1, 0.15) is 5.56 Å². The van der Waals surface area contributed by atoms with Gasteiger partial charge in [0.1, 0.15) is 0 Å². The van der Waals surface area contributed by atoms with Crippen LogP contribution in [0.4, 0.5) is 18.9 Å². The number of thioether (sulfide) groups is 1. The van der Waals surface area contributed by atoms with Crippen LogP contribution in [0.2, 0.25) is 0 Å². The van der Waals surface area contributed by atoms with Crippen LogP contribution in [0.25, 0.3) is 0 Å². The molecule has 4 nitrogen and oxygen atoms in total. The molecule has 2 aliphatic rings. The molecular weight excluding hydrogens is 398 g/mol. The Hall–Kier alpha value is -0.830. The highest BCUT2D eigenvalue weighted by Gasteiger charge is 2.32. The Bertz CT molecular complexity index is 577. The summed E-state index contributed by atoms with van der Waals surface area (Å²) in [6.45, 7) is 2.18. The zero-order valence-corrected chi connectivity index (χ0v) is 15.7. The fourth-order valence-corrected chi connectivity index (χ4v) is 3.77. The summed E-state index contributed by atoms with van der Waals surface area (Å²) in [5.74, 6) is 1.67. The van der Waals surface area contributed by atoms with E-state index in [2.05, 4.69) is 5.32 Å². The average Bonchev–Trinajstić information content (AvgIpc) is 3.08. The first-order chi connectivity index (χ1) is 10.9. The van der Waals surface area contributed by atoms with Crippen LogP contribution in [-0.2, 0) is 11.0 Å². The van der Waals surface area contributed by atoms with Gasteiger partial charge in [0.25, 0.3) is 0 Å². The van der Waals surface area contributed by atoms with Crippen LogP contribution in [-0.4, -0.2) is 54.7 Å². The van der Waals surface area contributed by atoms with E-state index in [0.717, 1.165) is 17.7 Å². The molecule has 2 aliphatic heterocycles. The molecule has 10 heteroatoms. The maximum absolute atomic E-state index is 12.8. The Balaban J connectivity index is 0.00000156. The number of benzene rings is 1. The molecule has 2 heterocycles. The number of carbonyl (C=O) groups is 1. The molecule has 1 unspecified atom stereocenters. The van der Waals surface area contributed by atoms with Gasteiger partial charge in [-0.1, -0.05) is 6.07 Å². The van der Waals surface area contributed by atoms with Crippen molar-refractivity contribution in [2.75, 3.05) is 42.7 Å². The van der Waals surface area contributed by atoms with Gasteiger partial charge < -0.3 is 9.80 Å². The maximum atomic E-state index is 12.8. The van der Waals surface area contributed by atoms with Crippen LogP contribution < -0.4 is 10.2 Å². The normalized spacial score (nSPS) is 20.7. The first-order valence-electron chi connectivity index (χ1n) is 7.47. The van der Waals surface area contributed by atoms with Crippen molar-refractivity contribution >= 4 is 48.2 Å². The molecule has 0 aliphatic carbocycles. The van der Waals surface area contributed by atoms with E-state index in [1.807, 2.05) is 4.90 Å². The van der Waals surface area contributed by atoms with E-state index in [4.69, 9.17) is 0 Å². The number of piperazine rings is 1. The molecule has 25 heavy (non-hydrogen) atoms. The molecule has 1 aromatic rings. The largest absolute Gasteiger partial charge is 0.416 e. The Morgan fingerprint density at radius 2 is 1.84 bits per heavy atom. The summed E-state index contributed by atoms with van der Waals surface area (Å²) in [6, 6.07) is 5.23. The van der Waals surface area contributed by atoms with Gasteiger partial charge in [0.05, 0.1) is 11.6 Å². The smallest absolute Gasteiger partial charge is 0.368 e. The minimum absolute atomic E-state index is 0. The number of nitrogens with one attached hydrogen (secondary N) is 1. The molecule has 2 fully saturated rings. The number of amides is 1. The maximum Gasteiger partial charge on any atom is 0.416 e. The molecule has 2 saturated heterocycles. The third-order valence-corrected chi connectivity index (χ3v) is 5.08. The first kappa shape index (κ1) is 22.2. The zero-order valence-electron chi connectivity index (χ0n) is 13.3. The van der Waals surface area contributed by atoms with Crippen molar-refractivity contribution < 1.29 is 18.0 Å². The molecule has 0 aromatic heterocycles. The van der Waals surface area contributed by atoms with Gasteiger partial charge in [0.15, 0.2) is 0 Å². The number of hydrogen-bond donors (Lipinski definition) is 1. The number of anilines is 1. The van der Waals surface area contributed by atoms with Crippen molar-refractivity contribution in [3.8, 4) is 0 Å². The number of halogens is 5. The lowest BCUT2D eigenvalue weighted by atomic mass is 10.1. The summed E-state index contributed by atoms with van der Waals surface area (Å²) >= 11 is 1.70. The standard InChI is InChI=1S/C15H18F3N3OS.2ClH/c16-15(17,18)11-2-1-3-12(8-11)20-4-6-21(7-5-20)14(22)13-9-23-10-19-13;;/h1-3,8,13,19H,4-7,9-10H2;2*1H. The highest BCUT2D eigenvalue weighted by molar-refractivity contribution is 7.99. The van der Waals surface area contributed by atoms with Gasteiger partial charge in [0.2, 0.25) is 5.91 Å². The number of carbonyl (C=O) groups excluding carboxylic acids is 1. The lowest BCUT2D eigenvalue weighted by Crippen LogP contribution is -2.53. The molecule has 1 atom stereocenters.